The molecule has 1 spiro atoms. The van der Waals surface area contributed by atoms with Crippen LogP contribution < -0.4 is 5.32 Å². The molecule has 29 heavy (non-hydrogen) atoms. The lowest BCUT2D eigenvalue weighted by Gasteiger charge is -2.38. The van der Waals surface area contributed by atoms with Gasteiger partial charge >= 0.3 is 5.97 Å². The lowest BCUT2D eigenvalue weighted by atomic mass is 9.70. The highest BCUT2D eigenvalue weighted by Gasteiger charge is 2.77. The molecule has 0 aromatic heterocycles. The molecule has 2 bridgehead atoms. The van der Waals surface area contributed by atoms with Crippen LogP contribution in [0.5, 0.6) is 0 Å². The molecular formula is C20H31BrN2O6. The Kier molecular flexibility index (Phi) is 6.32. The van der Waals surface area contributed by atoms with Crippen molar-refractivity contribution in [1.82, 2.24) is 10.2 Å². The molecule has 0 aromatic rings. The molecule has 3 aliphatic heterocycles. The maximum absolute atomic E-state index is 13.6. The molecule has 2 N–H and O–H groups in total. The summed E-state index contributed by atoms with van der Waals surface area (Å²) in [6.45, 7) is 9.13. The number of amides is 2. The van der Waals surface area contributed by atoms with Crippen LogP contribution in [0, 0.1) is 17.8 Å². The van der Waals surface area contributed by atoms with E-state index in [0.717, 1.165) is 0 Å². The molecule has 3 aliphatic rings. The van der Waals surface area contributed by atoms with Crippen molar-refractivity contribution in [3.63, 3.8) is 0 Å². The van der Waals surface area contributed by atoms with Crippen molar-refractivity contribution in [1.29, 1.82) is 0 Å². The fourth-order valence-electron chi connectivity index (χ4n) is 5.22. The number of hydrogen-bond acceptors (Lipinski definition) is 6. The van der Waals surface area contributed by atoms with Gasteiger partial charge in [0.15, 0.2) is 0 Å². The fourth-order valence-corrected chi connectivity index (χ4v) is 6.16. The third-order valence-corrected chi connectivity index (χ3v) is 7.12. The molecule has 1 unspecified atom stereocenters. The molecule has 0 aromatic carbocycles. The van der Waals surface area contributed by atoms with Gasteiger partial charge in [0.1, 0.15) is 11.6 Å². The summed E-state index contributed by atoms with van der Waals surface area (Å²) >= 11 is 3.59. The van der Waals surface area contributed by atoms with E-state index in [1.165, 1.54) is 4.90 Å². The van der Waals surface area contributed by atoms with Gasteiger partial charge in [-0.3, -0.25) is 14.4 Å². The molecule has 3 heterocycles. The van der Waals surface area contributed by atoms with Crippen molar-refractivity contribution in [2.24, 2.45) is 17.8 Å². The van der Waals surface area contributed by atoms with Crippen molar-refractivity contribution in [2.45, 2.75) is 75.7 Å². The van der Waals surface area contributed by atoms with Gasteiger partial charge in [0.25, 0.3) is 0 Å². The molecule has 0 saturated carbocycles. The first kappa shape index (κ1) is 22.5. The second kappa shape index (κ2) is 8.15. The molecule has 0 radical (unpaired) electrons. The van der Waals surface area contributed by atoms with E-state index in [0.29, 0.717) is 6.42 Å². The summed E-state index contributed by atoms with van der Waals surface area (Å²) in [6, 6.07) is -1.59. The van der Waals surface area contributed by atoms with Gasteiger partial charge in [-0.15, -0.1) is 0 Å². The van der Waals surface area contributed by atoms with E-state index in [-0.39, 0.29) is 41.8 Å². The minimum atomic E-state index is -1.12. The van der Waals surface area contributed by atoms with E-state index < -0.39 is 41.6 Å². The summed E-state index contributed by atoms with van der Waals surface area (Å²) in [5.74, 6) is -2.76. The molecule has 3 saturated heterocycles. The summed E-state index contributed by atoms with van der Waals surface area (Å²) in [5.41, 5.74) is -1.12. The number of nitrogens with zero attached hydrogens (tertiary/aromatic N) is 1. The number of nitrogens with one attached hydrogen (secondary N) is 1. The molecule has 164 valence electrons. The Morgan fingerprint density at radius 2 is 2.03 bits per heavy atom. The van der Waals surface area contributed by atoms with E-state index in [1.807, 2.05) is 27.7 Å². The Balaban J connectivity index is 2.10. The molecule has 3 rings (SSSR count). The van der Waals surface area contributed by atoms with Gasteiger partial charge in [-0.25, -0.2) is 0 Å². The van der Waals surface area contributed by atoms with Gasteiger partial charge in [-0.1, -0.05) is 29.8 Å². The number of ether oxygens (including phenoxy) is 2. The second-order valence-corrected chi connectivity index (χ2v) is 9.99. The van der Waals surface area contributed by atoms with Crippen molar-refractivity contribution < 1.29 is 29.0 Å². The van der Waals surface area contributed by atoms with E-state index >= 15 is 0 Å². The largest absolute Gasteiger partial charge is 0.466 e. The maximum Gasteiger partial charge on any atom is 0.312 e. The first-order chi connectivity index (χ1) is 13.6. The van der Waals surface area contributed by atoms with E-state index in [9.17, 15) is 19.5 Å². The molecule has 9 heteroatoms. The maximum atomic E-state index is 13.6. The standard InChI is InChI=1S/C20H31BrN2O6/c1-6-28-19(27)13-14-18(26)23(12(8-24)9(2)3)16(17(25)22-10(4)5)20(14)7-11(21)15(13)29-20/h9-16,24H,6-8H2,1-5H3,(H,22,25)/t11?,12-,13-,14+,15-,16-,20+/m0/s1. The van der Waals surface area contributed by atoms with Crippen LogP contribution in [-0.4, -0.2) is 75.7 Å². The second-order valence-electron chi connectivity index (χ2n) is 8.82. The quantitative estimate of drug-likeness (QED) is 0.418. The number of alkyl halides is 1. The van der Waals surface area contributed by atoms with E-state index in [4.69, 9.17) is 9.47 Å². The predicted molar refractivity (Wildman–Crippen MR) is 108 cm³/mol. The number of carbonyl (C=O) groups is 3. The van der Waals surface area contributed by atoms with Gasteiger partial charge in [-0.2, -0.15) is 0 Å². The normalized spacial score (nSPS) is 36.7. The highest BCUT2D eigenvalue weighted by molar-refractivity contribution is 9.09. The van der Waals surface area contributed by atoms with Crippen molar-refractivity contribution in [2.75, 3.05) is 13.2 Å². The summed E-state index contributed by atoms with van der Waals surface area (Å²) in [7, 11) is 0. The third kappa shape index (κ3) is 3.39. The zero-order valence-corrected chi connectivity index (χ0v) is 19.1. The fraction of sp³-hybridized carbons (Fsp3) is 0.850. The number of likely N-dealkylation sites (tertiary alicyclic amines) is 1. The molecule has 0 aliphatic carbocycles. The smallest absolute Gasteiger partial charge is 0.312 e. The van der Waals surface area contributed by atoms with Crippen LogP contribution in [0.2, 0.25) is 0 Å². The van der Waals surface area contributed by atoms with E-state index in [2.05, 4.69) is 21.2 Å². The van der Waals surface area contributed by atoms with Gasteiger partial charge in [0.2, 0.25) is 11.8 Å². The van der Waals surface area contributed by atoms with Crippen molar-refractivity contribution in [3.8, 4) is 0 Å². The summed E-state index contributed by atoms with van der Waals surface area (Å²) in [6.07, 6.45) is -0.0847. The van der Waals surface area contributed by atoms with Crippen LogP contribution in [0.3, 0.4) is 0 Å². The van der Waals surface area contributed by atoms with Gasteiger partial charge in [-0.05, 0) is 33.1 Å². The Morgan fingerprint density at radius 3 is 2.55 bits per heavy atom. The zero-order valence-electron chi connectivity index (χ0n) is 17.6. The van der Waals surface area contributed by atoms with E-state index in [1.54, 1.807) is 6.92 Å². The topological polar surface area (TPSA) is 105 Å². The number of aliphatic hydroxyl groups is 1. The SMILES string of the molecule is CCOC(=O)[C@@H]1[C@H]2O[C@@]3(CC2Br)[C@H](C(=O)NC(C)C)N([C@@H](CO)C(C)C)C(=O)[C@@H]13. The predicted octanol–water partition coefficient (Wildman–Crippen LogP) is 0.839. The third-order valence-electron chi connectivity index (χ3n) is 6.28. The number of fused-ring (bicyclic) bond motifs is 1. The Labute approximate surface area is 179 Å². The first-order valence-corrected chi connectivity index (χ1v) is 11.2. The lowest BCUT2D eigenvalue weighted by molar-refractivity contribution is -0.155. The Hall–Kier alpha value is -1.19. The molecule has 8 nitrogen and oxygen atoms in total. The lowest BCUT2D eigenvalue weighted by Crippen LogP contribution is -2.59. The average Bonchev–Trinajstić information content (AvgIpc) is 3.19. The first-order valence-electron chi connectivity index (χ1n) is 10.3. The molecule has 7 atom stereocenters. The molecule has 2 amide bonds. The van der Waals surface area contributed by atoms with Crippen LogP contribution in [-0.2, 0) is 23.9 Å². The number of aliphatic hydroxyl groups excluding tert-OH is 1. The van der Waals surface area contributed by atoms with Crippen LogP contribution in [0.25, 0.3) is 0 Å². The average molecular weight is 475 g/mol. The van der Waals surface area contributed by atoms with Crippen molar-refractivity contribution in [3.05, 3.63) is 0 Å². The Bertz CT molecular complexity index is 686. The van der Waals surface area contributed by atoms with Gasteiger partial charge < -0.3 is 24.8 Å². The summed E-state index contributed by atoms with van der Waals surface area (Å²) in [5, 5.41) is 12.9. The Morgan fingerprint density at radius 1 is 1.38 bits per heavy atom. The van der Waals surface area contributed by atoms with Crippen LogP contribution in [0.1, 0.15) is 41.0 Å². The minimum absolute atomic E-state index is 0.0773. The number of rotatable bonds is 7. The van der Waals surface area contributed by atoms with Gasteiger partial charge in [0, 0.05) is 10.9 Å². The summed E-state index contributed by atoms with van der Waals surface area (Å²) in [4.78, 5) is 41.0. The highest BCUT2D eigenvalue weighted by Crippen LogP contribution is 2.60. The van der Waals surface area contributed by atoms with Gasteiger partial charge in [0.05, 0.1) is 37.2 Å². The highest BCUT2D eigenvalue weighted by atomic mass is 79.9. The monoisotopic (exact) mass is 474 g/mol. The number of halogens is 1. The number of hydrogen-bond donors (Lipinski definition) is 2. The van der Waals surface area contributed by atoms with Crippen LogP contribution >= 0.6 is 15.9 Å². The molecular weight excluding hydrogens is 444 g/mol. The number of esters is 1. The number of carbonyl (C=O) groups excluding carboxylic acids is 3. The molecule has 3 fully saturated rings. The van der Waals surface area contributed by atoms with Crippen molar-refractivity contribution >= 4 is 33.7 Å². The van der Waals surface area contributed by atoms with Crippen LogP contribution in [0.15, 0.2) is 0 Å². The van der Waals surface area contributed by atoms with Crippen LogP contribution in [0.4, 0.5) is 0 Å². The zero-order chi connectivity index (χ0) is 21.7. The minimum Gasteiger partial charge on any atom is -0.466 e. The summed E-state index contributed by atoms with van der Waals surface area (Å²) < 4.78 is 11.6.